The first-order valence-electron chi connectivity index (χ1n) is 6.30. The average Bonchev–Trinajstić information content (AvgIpc) is 2.80. The largest absolute Gasteiger partial charge is 0.311 e. The van der Waals surface area contributed by atoms with Crippen LogP contribution in [0.3, 0.4) is 0 Å². The minimum Gasteiger partial charge on any atom is -0.311 e. The molecule has 0 fully saturated rings. The molecule has 96 valence electrons. The normalized spacial score (nSPS) is 10.8. The Labute approximate surface area is 107 Å². The number of nitrogens with zero attached hydrogens (tertiary/aromatic N) is 4. The van der Waals surface area contributed by atoms with Crippen LogP contribution in [-0.4, -0.2) is 26.5 Å². The second-order valence-electron chi connectivity index (χ2n) is 4.35. The molecule has 0 unspecified atom stereocenters. The van der Waals surface area contributed by atoms with Crippen LogP contribution in [0.2, 0.25) is 0 Å². The van der Waals surface area contributed by atoms with Crippen LogP contribution in [0.1, 0.15) is 30.3 Å². The number of aryl methyl sites for hydroxylation is 1. The van der Waals surface area contributed by atoms with Gasteiger partial charge in [-0.1, -0.05) is 18.2 Å². The molecular weight excluding hydrogens is 226 g/mol. The van der Waals surface area contributed by atoms with Crippen molar-refractivity contribution in [3.05, 3.63) is 41.5 Å². The Balaban J connectivity index is 1.96. The summed E-state index contributed by atoms with van der Waals surface area (Å²) in [6, 6.07) is 4.00. The summed E-state index contributed by atoms with van der Waals surface area (Å²) in [5, 5.41) is 11.6. The van der Waals surface area contributed by atoms with Gasteiger partial charge in [0.1, 0.15) is 0 Å². The summed E-state index contributed by atoms with van der Waals surface area (Å²) in [6.45, 7) is 6.66. The Hall–Kier alpha value is -1.75. The lowest BCUT2D eigenvalue weighted by Crippen LogP contribution is -2.13. The highest BCUT2D eigenvalue weighted by molar-refractivity contribution is 5.17. The van der Waals surface area contributed by atoms with E-state index in [9.17, 15) is 0 Å². The van der Waals surface area contributed by atoms with E-state index in [-0.39, 0.29) is 0 Å². The van der Waals surface area contributed by atoms with Crippen LogP contribution in [0.5, 0.6) is 0 Å². The lowest BCUT2D eigenvalue weighted by molar-refractivity contribution is 0.633. The maximum Gasteiger partial charge on any atom is 0.0964 e. The maximum absolute atomic E-state index is 4.35. The summed E-state index contributed by atoms with van der Waals surface area (Å²) in [7, 11) is 0. The fraction of sp³-hybridized carbons (Fsp3) is 0.462. The highest BCUT2D eigenvalue weighted by atomic mass is 15.4. The van der Waals surface area contributed by atoms with Gasteiger partial charge in [0.15, 0.2) is 0 Å². The zero-order valence-electron chi connectivity index (χ0n) is 10.9. The smallest absolute Gasteiger partial charge is 0.0964 e. The van der Waals surface area contributed by atoms with Crippen molar-refractivity contribution in [2.45, 2.75) is 33.4 Å². The zero-order valence-corrected chi connectivity index (χ0v) is 10.9. The van der Waals surface area contributed by atoms with E-state index in [2.05, 4.69) is 40.5 Å². The number of nitrogens with one attached hydrogen (secondary N) is 1. The Kier molecular flexibility index (Phi) is 4.41. The molecule has 0 radical (unpaired) electrons. The molecule has 0 aliphatic carbocycles. The van der Waals surface area contributed by atoms with Crippen LogP contribution >= 0.6 is 0 Å². The first-order chi connectivity index (χ1) is 8.79. The van der Waals surface area contributed by atoms with Crippen molar-refractivity contribution in [3.63, 3.8) is 0 Å². The van der Waals surface area contributed by atoms with Crippen molar-refractivity contribution in [1.29, 1.82) is 0 Å². The molecule has 1 N–H and O–H groups in total. The second-order valence-corrected chi connectivity index (χ2v) is 4.35. The molecule has 0 saturated heterocycles. The standard InChI is InChI=1S/C13H19N5/c1-3-6-14-8-12-9-18(17-16-12)10-13-11(2)5-4-7-15-13/h4-5,7,9,14H,3,6,8,10H2,1-2H3. The van der Waals surface area contributed by atoms with Gasteiger partial charge in [-0.3, -0.25) is 4.98 Å². The van der Waals surface area contributed by atoms with Crippen LogP contribution < -0.4 is 5.32 Å². The monoisotopic (exact) mass is 245 g/mol. The molecule has 0 bridgehead atoms. The number of aromatic nitrogens is 4. The average molecular weight is 245 g/mol. The summed E-state index contributed by atoms with van der Waals surface area (Å²) in [6.07, 6.45) is 4.90. The number of pyridine rings is 1. The van der Waals surface area contributed by atoms with Crippen molar-refractivity contribution in [2.24, 2.45) is 0 Å². The van der Waals surface area contributed by atoms with Crippen LogP contribution in [0.4, 0.5) is 0 Å². The molecule has 0 amide bonds. The summed E-state index contributed by atoms with van der Waals surface area (Å²) in [5.41, 5.74) is 3.19. The van der Waals surface area contributed by atoms with Gasteiger partial charge in [-0.05, 0) is 31.5 Å². The van der Waals surface area contributed by atoms with E-state index >= 15 is 0 Å². The van der Waals surface area contributed by atoms with Crippen LogP contribution in [0, 0.1) is 6.92 Å². The molecule has 5 heteroatoms. The van der Waals surface area contributed by atoms with Gasteiger partial charge in [-0.25, -0.2) is 4.68 Å². The van der Waals surface area contributed by atoms with E-state index in [0.29, 0.717) is 6.54 Å². The predicted molar refractivity (Wildman–Crippen MR) is 70.1 cm³/mol. The van der Waals surface area contributed by atoms with Crippen molar-refractivity contribution < 1.29 is 0 Å². The predicted octanol–water partition coefficient (Wildman–Crippen LogP) is 1.53. The first-order valence-corrected chi connectivity index (χ1v) is 6.30. The third kappa shape index (κ3) is 3.37. The van der Waals surface area contributed by atoms with Crippen LogP contribution in [0.25, 0.3) is 0 Å². The summed E-state index contributed by atoms with van der Waals surface area (Å²) < 4.78 is 1.83. The minimum atomic E-state index is 0.674. The SMILES string of the molecule is CCCNCc1cn(Cc2ncccc2C)nn1. The molecule has 0 saturated carbocycles. The Morgan fingerprint density at radius 3 is 3.06 bits per heavy atom. The van der Waals surface area contributed by atoms with Gasteiger partial charge >= 0.3 is 0 Å². The Morgan fingerprint density at radius 2 is 2.28 bits per heavy atom. The van der Waals surface area contributed by atoms with E-state index in [1.807, 2.05) is 23.1 Å². The molecule has 2 aromatic heterocycles. The molecular formula is C13H19N5. The molecule has 2 rings (SSSR count). The quantitative estimate of drug-likeness (QED) is 0.784. The third-order valence-electron chi connectivity index (χ3n) is 2.75. The minimum absolute atomic E-state index is 0.674. The van der Waals surface area contributed by atoms with E-state index in [1.54, 1.807) is 0 Å². The number of hydrogen-bond donors (Lipinski definition) is 1. The van der Waals surface area contributed by atoms with Gasteiger partial charge in [0.2, 0.25) is 0 Å². The highest BCUT2D eigenvalue weighted by Gasteiger charge is 2.03. The molecule has 0 aliphatic rings. The molecule has 18 heavy (non-hydrogen) atoms. The maximum atomic E-state index is 4.35. The fourth-order valence-corrected chi connectivity index (χ4v) is 1.73. The molecule has 2 aromatic rings. The Morgan fingerprint density at radius 1 is 1.39 bits per heavy atom. The van der Waals surface area contributed by atoms with Crippen molar-refractivity contribution >= 4 is 0 Å². The van der Waals surface area contributed by atoms with Crippen molar-refractivity contribution in [2.75, 3.05) is 6.54 Å². The highest BCUT2D eigenvalue weighted by Crippen LogP contribution is 2.05. The Bertz CT molecular complexity index is 492. The summed E-state index contributed by atoms with van der Waals surface area (Å²) >= 11 is 0. The van der Waals surface area contributed by atoms with Gasteiger partial charge in [-0.2, -0.15) is 0 Å². The van der Waals surface area contributed by atoms with Gasteiger partial charge in [-0.15, -0.1) is 5.10 Å². The lowest BCUT2D eigenvalue weighted by atomic mass is 10.2. The molecule has 2 heterocycles. The topological polar surface area (TPSA) is 55.6 Å². The van der Waals surface area contributed by atoms with Gasteiger partial charge in [0, 0.05) is 12.7 Å². The van der Waals surface area contributed by atoms with Crippen molar-refractivity contribution in [3.8, 4) is 0 Å². The number of hydrogen-bond acceptors (Lipinski definition) is 4. The zero-order chi connectivity index (χ0) is 12.8. The summed E-state index contributed by atoms with van der Waals surface area (Å²) in [5.74, 6) is 0. The molecule has 0 atom stereocenters. The lowest BCUT2D eigenvalue weighted by Gasteiger charge is -2.03. The molecule has 0 aliphatic heterocycles. The van der Waals surface area contributed by atoms with Crippen molar-refractivity contribution in [1.82, 2.24) is 25.3 Å². The first kappa shape index (κ1) is 12.7. The van der Waals surface area contributed by atoms with E-state index in [4.69, 9.17) is 0 Å². The molecule has 0 aromatic carbocycles. The summed E-state index contributed by atoms with van der Waals surface area (Å²) in [4.78, 5) is 4.35. The van der Waals surface area contributed by atoms with Gasteiger partial charge in [0.05, 0.1) is 24.1 Å². The van der Waals surface area contributed by atoms with E-state index < -0.39 is 0 Å². The van der Waals surface area contributed by atoms with E-state index in [0.717, 1.165) is 30.9 Å². The van der Waals surface area contributed by atoms with E-state index in [1.165, 1.54) is 5.56 Å². The fourth-order valence-electron chi connectivity index (χ4n) is 1.73. The molecule has 5 nitrogen and oxygen atoms in total. The van der Waals surface area contributed by atoms with Crippen LogP contribution in [0.15, 0.2) is 24.5 Å². The number of rotatable bonds is 6. The van der Waals surface area contributed by atoms with Crippen LogP contribution in [-0.2, 0) is 13.1 Å². The van der Waals surface area contributed by atoms with Gasteiger partial charge < -0.3 is 5.32 Å². The third-order valence-corrected chi connectivity index (χ3v) is 2.75. The second kappa shape index (κ2) is 6.26. The van der Waals surface area contributed by atoms with Gasteiger partial charge in [0.25, 0.3) is 0 Å². The molecule has 0 spiro atoms.